The fraction of sp³-hybridized carbons (Fsp3) is 0.400. The Bertz CT molecular complexity index is 1370. The lowest BCUT2D eigenvalue weighted by atomic mass is 9.95. The molecule has 1 fully saturated rings. The summed E-state index contributed by atoms with van der Waals surface area (Å²) >= 11 is 0. The van der Waals surface area contributed by atoms with E-state index in [1.54, 1.807) is 0 Å². The summed E-state index contributed by atoms with van der Waals surface area (Å²) in [5.74, 6) is 1.22. The van der Waals surface area contributed by atoms with E-state index >= 15 is 0 Å². The smallest absolute Gasteiger partial charge is 0.145 e. The highest BCUT2D eigenvalue weighted by Gasteiger charge is 2.42. The van der Waals surface area contributed by atoms with Gasteiger partial charge in [-0.3, -0.25) is 0 Å². The van der Waals surface area contributed by atoms with Crippen LogP contribution < -0.4 is 11.1 Å². The number of nitrogen functional groups attached to an aromatic ring is 1. The van der Waals surface area contributed by atoms with E-state index in [0.29, 0.717) is 30.9 Å². The number of β-amino-alcohol motifs (C(OH)–C–C–N with tert-alkyl or cyclic N) is 1. The molecule has 0 bridgehead atoms. The number of nitrogens with one attached hydrogen (secondary N) is 1. The van der Waals surface area contributed by atoms with Crippen LogP contribution in [0.15, 0.2) is 42.9 Å². The Morgan fingerprint density at radius 1 is 1.09 bits per heavy atom. The largest absolute Gasteiger partial charge is 0.391 e. The second-order valence-electron chi connectivity index (χ2n) is 9.56. The van der Waals surface area contributed by atoms with Crippen LogP contribution in [0.5, 0.6) is 0 Å². The number of hydrogen-bond donors (Lipinski definition) is 5. The molecule has 176 valence electrons. The van der Waals surface area contributed by atoms with Crippen LogP contribution in [0.1, 0.15) is 30.0 Å². The molecule has 9 heteroatoms. The summed E-state index contributed by atoms with van der Waals surface area (Å²) in [5.41, 5.74) is 9.74. The lowest BCUT2D eigenvalue weighted by Gasteiger charge is -2.22. The summed E-state index contributed by atoms with van der Waals surface area (Å²) < 4.78 is 1.91. The van der Waals surface area contributed by atoms with Gasteiger partial charge in [0.25, 0.3) is 0 Å². The number of nitrogens with two attached hydrogens (primary N) is 1. The van der Waals surface area contributed by atoms with Crippen molar-refractivity contribution in [1.82, 2.24) is 19.5 Å². The van der Waals surface area contributed by atoms with Gasteiger partial charge in [0.05, 0.1) is 29.2 Å². The van der Waals surface area contributed by atoms with Crippen molar-refractivity contribution in [3.63, 3.8) is 0 Å². The minimum Gasteiger partial charge on any atom is -0.391 e. The van der Waals surface area contributed by atoms with Gasteiger partial charge in [-0.15, -0.1) is 0 Å². The monoisotopic (exact) mass is 460 g/mol. The van der Waals surface area contributed by atoms with Crippen molar-refractivity contribution in [1.29, 1.82) is 0 Å². The molecule has 1 saturated carbocycles. The van der Waals surface area contributed by atoms with Crippen molar-refractivity contribution in [3.05, 3.63) is 54.0 Å². The maximum absolute atomic E-state index is 10.8. The molecule has 5 atom stereocenters. The Kier molecular flexibility index (Phi) is 5.13. The average Bonchev–Trinajstić information content (AvgIpc) is 3.38. The van der Waals surface area contributed by atoms with Crippen LogP contribution in [0.3, 0.4) is 0 Å². The van der Waals surface area contributed by atoms with Crippen molar-refractivity contribution < 1.29 is 15.3 Å². The van der Waals surface area contributed by atoms with Crippen molar-refractivity contribution in [2.45, 2.75) is 50.0 Å². The zero-order valence-corrected chi connectivity index (χ0v) is 18.7. The molecular weight excluding hydrogens is 432 g/mol. The van der Waals surface area contributed by atoms with E-state index in [4.69, 9.17) is 10.7 Å². The molecule has 1 unspecified atom stereocenters. The first-order chi connectivity index (χ1) is 16.5. The molecule has 4 heterocycles. The topological polar surface area (TPSA) is 142 Å². The highest BCUT2D eigenvalue weighted by atomic mass is 16.3. The number of anilines is 2. The van der Waals surface area contributed by atoms with E-state index in [2.05, 4.69) is 39.6 Å². The zero-order valence-electron chi connectivity index (χ0n) is 18.7. The average molecular weight is 461 g/mol. The molecular formula is C25H28N6O3. The van der Waals surface area contributed by atoms with E-state index in [1.165, 1.54) is 6.33 Å². The second kappa shape index (κ2) is 8.19. The molecule has 0 spiro atoms. The Labute approximate surface area is 196 Å². The Hall–Kier alpha value is -3.27. The number of pyridine rings is 1. The standard InChI is InChI=1S/C25H28N6O3/c26-23-18-5-6-31(25(18)29-12-28-23)20-10-15(21(33)22(20)34)4-2-13-1-3-14-8-16-9-17(32)11-27-24(16)30-19(14)7-13/h1,3,5-8,12,15,17,20-22,32-34H,2,4,9-11H2,(H,27,30)(H2,26,28,29)/t15-,17?,20+,21+,22-/m0/s1. The van der Waals surface area contributed by atoms with E-state index in [1.807, 2.05) is 16.8 Å². The van der Waals surface area contributed by atoms with Crippen LogP contribution in [0, 0.1) is 5.92 Å². The minimum atomic E-state index is -0.872. The lowest BCUT2D eigenvalue weighted by molar-refractivity contribution is 0.00545. The molecule has 1 aliphatic heterocycles. The van der Waals surface area contributed by atoms with E-state index in [0.717, 1.165) is 46.1 Å². The normalized spacial score (nSPS) is 26.6. The third-order valence-electron chi connectivity index (χ3n) is 7.39. The van der Waals surface area contributed by atoms with Crippen LogP contribution in [-0.4, -0.2) is 59.7 Å². The molecule has 3 aromatic heterocycles. The van der Waals surface area contributed by atoms with Gasteiger partial charge in [0.15, 0.2) is 0 Å². The summed E-state index contributed by atoms with van der Waals surface area (Å²) in [6, 6.07) is 9.94. The minimum absolute atomic E-state index is 0.0352. The SMILES string of the molecule is Nc1ncnc2c1ccn2[C@@H]1C[C@H](CCc2ccc3cc4c(nc3c2)NCC(O)C4)[C@@H](O)[C@H]1O. The van der Waals surface area contributed by atoms with Gasteiger partial charge in [-0.2, -0.15) is 0 Å². The fourth-order valence-corrected chi connectivity index (χ4v) is 5.53. The maximum Gasteiger partial charge on any atom is 0.145 e. The van der Waals surface area contributed by atoms with Crippen molar-refractivity contribution in [2.75, 3.05) is 17.6 Å². The predicted molar refractivity (Wildman–Crippen MR) is 129 cm³/mol. The maximum atomic E-state index is 10.8. The number of aliphatic hydroxyl groups excluding tert-OH is 3. The molecule has 9 nitrogen and oxygen atoms in total. The summed E-state index contributed by atoms with van der Waals surface area (Å²) in [6.07, 6.45) is 4.04. The highest BCUT2D eigenvalue weighted by Crippen LogP contribution is 2.39. The van der Waals surface area contributed by atoms with E-state index in [-0.39, 0.29) is 18.1 Å². The third kappa shape index (κ3) is 3.56. The van der Waals surface area contributed by atoms with Crippen LogP contribution in [-0.2, 0) is 12.8 Å². The van der Waals surface area contributed by atoms with Crippen molar-refractivity contribution in [2.24, 2.45) is 5.92 Å². The molecule has 4 aromatic rings. The number of benzene rings is 1. The fourth-order valence-electron chi connectivity index (χ4n) is 5.53. The number of aryl methyl sites for hydroxylation is 1. The second-order valence-corrected chi connectivity index (χ2v) is 9.56. The number of hydrogen-bond acceptors (Lipinski definition) is 8. The summed E-state index contributed by atoms with van der Waals surface area (Å²) in [5, 5.41) is 36.5. The summed E-state index contributed by atoms with van der Waals surface area (Å²) in [4.78, 5) is 13.1. The van der Waals surface area contributed by atoms with E-state index in [9.17, 15) is 15.3 Å². The van der Waals surface area contributed by atoms with Gasteiger partial charge in [-0.1, -0.05) is 12.1 Å². The van der Waals surface area contributed by atoms with Crippen LogP contribution in [0.2, 0.25) is 0 Å². The molecule has 0 saturated heterocycles. The van der Waals surface area contributed by atoms with Gasteiger partial charge in [0.2, 0.25) is 0 Å². The first kappa shape index (κ1) is 21.3. The Morgan fingerprint density at radius 3 is 2.85 bits per heavy atom. The highest BCUT2D eigenvalue weighted by molar-refractivity contribution is 5.86. The molecule has 1 aromatic carbocycles. The first-order valence-corrected chi connectivity index (χ1v) is 11.8. The van der Waals surface area contributed by atoms with Gasteiger partial charge in [-0.25, -0.2) is 15.0 Å². The lowest BCUT2D eigenvalue weighted by Crippen LogP contribution is -2.29. The predicted octanol–water partition coefficient (Wildman–Crippen LogP) is 1.81. The molecule has 1 aliphatic carbocycles. The van der Waals surface area contributed by atoms with Gasteiger partial charge in [0, 0.05) is 24.5 Å². The van der Waals surface area contributed by atoms with Gasteiger partial charge in [-0.05, 0) is 54.5 Å². The number of rotatable bonds is 4. The summed E-state index contributed by atoms with van der Waals surface area (Å²) in [6.45, 7) is 0.517. The summed E-state index contributed by atoms with van der Waals surface area (Å²) in [7, 11) is 0. The van der Waals surface area contributed by atoms with Gasteiger partial charge in [0.1, 0.15) is 29.7 Å². The zero-order chi connectivity index (χ0) is 23.4. The number of nitrogens with zero attached hydrogens (tertiary/aromatic N) is 4. The third-order valence-corrected chi connectivity index (χ3v) is 7.39. The van der Waals surface area contributed by atoms with Crippen molar-refractivity contribution in [3.8, 4) is 0 Å². The first-order valence-electron chi connectivity index (χ1n) is 11.8. The van der Waals surface area contributed by atoms with Crippen LogP contribution in [0.25, 0.3) is 21.9 Å². The van der Waals surface area contributed by atoms with Gasteiger partial charge >= 0.3 is 0 Å². The Morgan fingerprint density at radius 2 is 1.97 bits per heavy atom. The van der Waals surface area contributed by atoms with Crippen molar-refractivity contribution >= 4 is 33.6 Å². The molecule has 6 rings (SSSR count). The molecule has 34 heavy (non-hydrogen) atoms. The molecule has 0 amide bonds. The Balaban J connectivity index is 1.19. The van der Waals surface area contributed by atoms with Gasteiger partial charge < -0.3 is 30.9 Å². The molecule has 0 radical (unpaired) electrons. The van der Waals surface area contributed by atoms with Crippen LogP contribution >= 0.6 is 0 Å². The molecule has 6 N–H and O–H groups in total. The molecule has 2 aliphatic rings. The quantitative estimate of drug-likeness (QED) is 0.310. The number of aromatic nitrogens is 4. The van der Waals surface area contributed by atoms with Crippen LogP contribution in [0.4, 0.5) is 11.6 Å². The number of fused-ring (bicyclic) bond motifs is 3. The van der Waals surface area contributed by atoms with E-state index < -0.39 is 12.2 Å². The number of aliphatic hydroxyl groups is 3.